The molecule has 3 aromatic rings. The predicted molar refractivity (Wildman–Crippen MR) is 97.5 cm³/mol. The van der Waals surface area contributed by atoms with Crippen LogP contribution in [0, 0.1) is 13.8 Å². The Bertz CT molecular complexity index is 900. The van der Waals surface area contributed by atoms with Gasteiger partial charge in [0.15, 0.2) is 0 Å². The van der Waals surface area contributed by atoms with Crippen molar-refractivity contribution in [3.63, 3.8) is 0 Å². The molecule has 5 heteroatoms. The van der Waals surface area contributed by atoms with Crippen molar-refractivity contribution in [3.05, 3.63) is 70.5 Å². The van der Waals surface area contributed by atoms with Gasteiger partial charge in [0.05, 0.1) is 11.3 Å². The fourth-order valence-electron chi connectivity index (χ4n) is 2.77. The number of rotatable bonds is 3. The third-order valence-corrected chi connectivity index (χ3v) is 4.29. The lowest BCUT2D eigenvalue weighted by Crippen LogP contribution is -2.14. The molecule has 1 heterocycles. The van der Waals surface area contributed by atoms with Crippen LogP contribution in [0.15, 0.2) is 48.5 Å². The van der Waals surface area contributed by atoms with Crippen LogP contribution >= 0.6 is 11.6 Å². The standard InChI is InChI=1S/C19H18ClN3O/c1-12-18(13(2)23(3)22-12)19(24)21-17-10-9-15(20)11-16(17)14-7-5-4-6-8-14/h4-11H,1-3H3,(H,21,24). The molecule has 0 aliphatic heterocycles. The van der Waals surface area contributed by atoms with Crippen molar-refractivity contribution in [1.29, 1.82) is 0 Å². The molecule has 1 aromatic heterocycles. The summed E-state index contributed by atoms with van der Waals surface area (Å²) >= 11 is 6.15. The lowest BCUT2D eigenvalue weighted by molar-refractivity contribution is 0.102. The Balaban J connectivity index is 2.00. The minimum atomic E-state index is -0.169. The van der Waals surface area contributed by atoms with Gasteiger partial charge in [0.25, 0.3) is 5.91 Å². The molecule has 2 aromatic carbocycles. The summed E-state index contributed by atoms with van der Waals surface area (Å²) in [7, 11) is 1.83. The van der Waals surface area contributed by atoms with Gasteiger partial charge in [0, 0.05) is 29.0 Å². The first-order valence-electron chi connectivity index (χ1n) is 7.64. The Hall–Kier alpha value is -2.59. The zero-order valence-corrected chi connectivity index (χ0v) is 14.6. The molecule has 0 spiro atoms. The highest BCUT2D eigenvalue weighted by Gasteiger charge is 2.18. The molecule has 0 aliphatic rings. The van der Waals surface area contributed by atoms with E-state index in [2.05, 4.69) is 10.4 Å². The van der Waals surface area contributed by atoms with Crippen molar-refractivity contribution in [2.75, 3.05) is 5.32 Å². The number of carbonyl (C=O) groups is 1. The third kappa shape index (κ3) is 3.05. The first-order chi connectivity index (χ1) is 11.5. The Labute approximate surface area is 146 Å². The van der Waals surface area contributed by atoms with Gasteiger partial charge in [-0.3, -0.25) is 9.48 Å². The minimum Gasteiger partial charge on any atom is -0.321 e. The van der Waals surface area contributed by atoms with Gasteiger partial charge in [-0.1, -0.05) is 41.9 Å². The van der Waals surface area contributed by atoms with Gasteiger partial charge in [0.1, 0.15) is 0 Å². The minimum absolute atomic E-state index is 0.169. The maximum Gasteiger partial charge on any atom is 0.259 e. The van der Waals surface area contributed by atoms with Gasteiger partial charge in [-0.25, -0.2) is 0 Å². The average Bonchev–Trinajstić information content (AvgIpc) is 2.82. The quantitative estimate of drug-likeness (QED) is 0.757. The van der Waals surface area contributed by atoms with E-state index in [0.717, 1.165) is 22.5 Å². The molecule has 0 unspecified atom stereocenters. The van der Waals surface area contributed by atoms with E-state index in [9.17, 15) is 4.79 Å². The molecule has 122 valence electrons. The van der Waals surface area contributed by atoms with E-state index < -0.39 is 0 Å². The van der Waals surface area contributed by atoms with E-state index in [0.29, 0.717) is 16.3 Å². The van der Waals surface area contributed by atoms with E-state index >= 15 is 0 Å². The molecule has 0 saturated carbocycles. The normalized spacial score (nSPS) is 10.7. The summed E-state index contributed by atoms with van der Waals surface area (Å²) in [5, 5.41) is 7.92. The summed E-state index contributed by atoms with van der Waals surface area (Å²) in [4.78, 5) is 12.7. The van der Waals surface area contributed by atoms with Crippen LogP contribution in [0.1, 0.15) is 21.7 Å². The van der Waals surface area contributed by atoms with Crippen molar-refractivity contribution >= 4 is 23.2 Å². The highest BCUT2D eigenvalue weighted by molar-refractivity contribution is 6.31. The molecule has 0 aliphatic carbocycles. The third-order valence-electron chi connectivity index (χ3n) is 4.05. The van der Waals surface area contributed by atoms with Crippen molar-refractivity contribution < 1.29 is 4.79 Å². The molecule has 0 atom stereocenters. The van der Waals surface area contributed by atoms with E-state index in [4.69, 9.17) is 11.6 Å². The second kappa shape index (κ2) is 6.49. The first-order valence-corrected chi connectivity index (χ1v) is 8.01. The number of aromatic nitrogens is 2. The number of anilines is 1. The number of amides is 1. The van der Waals surface area contributed by atoms with Crippen LogP contribution in [0.2, 0.25) is 5.02 Å². The zero-order valence-electron chi connectivity index (χ0n) is 13.8. The van der Waals surface area contributed by atoms with Gasteiger partial charge in [-0.15, -0.1) is 0 Å². The second-order valence-corrected chi connectivity index (χ2v) is 6.12. The van der Waals surface area contributed by atoms with Crippen LogP contribution in [-0.2, 0) is 7.05 Å². The number of halogens is 1. The van der Waals surface area contributed by atoms with Crippen LogP contribution in [0.3, 0.4) is 0 Å². The number of hydrogen-bond donors (Lipinski definition) is 1. The lowest BCUT2D eigenvalue weighted by atomic mass is 10.0. The van der Waals surface area contributed by atoms with Crippen LogP contribution in [0.25, 0.3) is 11.1 Å². The highest BCUT2D eigenvalue weighted by Crippen LogP contribution is 2.31. The SMILES string of the molecule is Cc1nn(C)c(C)c1C(=O)Nc1ccc(Cl)cc1-c1ccccc1. The second-order valence-electron chi connectivity index (χ2n) is 5.68. The van der Waals surface area contributed by atoms with Gasteiger partial charge >= 0.3 is 0 Å². The Morgan fingerprint density at radius 1 is 1.12 bits per heavy atom. The van der Waals surface area contributed by atoms with Crippen molar-refractivity contribution in [1.82, 2.24) is 9.78 Å². The number of benzene rings is 2. The summed E-state index contributed by atoms with van der Waals surface area (Å²) in [6.45, 7) is 3.72. The topological polar surface area (TPSA) is 46.9 Å². The number of nitrogens with one attached hydrogen (secondary N) is 1. The largest absolute Gasteiger partial charge is 0.321 e. The maximum atomic E-state index is 12.7. The van der Waals surface area contributed by atoms with Crippen LogP contribution in [-0.4, -0.2) is 15.7 Å². The number of carbonyl (C=O) groups excluding carboxylic acids is 1. The van der Waals surface area contributed by atoms with E-state index in [1.807, 2.05) is 63.4 Å². The summed E-state index contributed by atoms with van der Waals surface area (Å²) in [6.07, 6.45) is 0. The molecule has 0 bridgehead atoms. The van der Waals surface area contributed by atoms with Crippen LogP contribution < -0.4 is 5.32 Å². The molecule has 1 amide bonds. The summed E-state index contributed by atoms with van der Waals surface area (Å²) in [5.41, 5.74) is 4.75. The monoisotopic (exact) mass is 339 g/mol. The van der Waals surface area contributed by atoms with Crippen LogP contribution in [0.5, 0.6) is 0 Å². The van der Waals surface area contributed by atoms with E-state index in [1.165, 1.54) is 0 Å². The lowest BCUT2D eigenvalue weighted by Gasteiger charge is -2.12. The zero-order chi connectivity index (χ0) is 17.3. The average molecular weight is 340 g/mol. The summed E-state index contributed by atoms with van der Waals surface area (Å²) in [6, 6.07) is 15.3. The van der Waals surface area contributed by atoms with Gasteiger partial charge in [-0.2, -0.15) is 5.10 Å². The van der Waals surface area contributed by atoms with Gasteiger partial charge < -0.3 is 5.32 Å². The molecule has 3 rings (SSSR count). The van der Waals surface area contributed by atoms with Crippen LogP contribution in [0.4, 0.5) is 5.69 Å². The van der Waals surface area contributed by atoms with Crippen molar-refractivity contribution in [2.45, 2.75) is 13.8 Å². The number of hydrogen-bond acceptors (Lipinski definition) is 2. The Kier molecular flexibility index (Phi) is 4.40. The molecule has 0 radical (unpaired) electrons. The molecular weight excluding hydrogens is 322 g/mol. The summed E-state index contributed by atoms with van der Waals surface area (Å²) < 4.78 is 1.71. The van der Waals surface area contributed by atoms with Crippen molar-refractivity contribution in [3.8, 4) is 11.1 Å². The first kappa shape index (κ1) is 16.3. The van der Waals surface area contributed by atoms with E-state index in [1.54, 1.807) is 10.7 Å². The predicted octanol–water partition coefficient (Wildman–Crippen LogP) is 4.61. The highest BCUT2D eigenvalue weighted by atomic mass is 35.5. The molecule has 0 saturated heterocycles. The number of nitrogens with zero attached hydrogens (tertiary/aromatic N) is 2. The molecule has 1 N–H and O–H groups in total. The van der Waals surface area contributed by atoms with E-state index in [-0.39, 0.29) is 5.91 Å². The maximum absolute atomic E-state index is 12.7. The molecule has 4 nitrogen and oxygen atoms in total. The fourth-order valence-corrected chi connectivity index (χ4v) is 2.94. The van der Waals surface area contributed by atoms with Gasteiger partial charge in [-0.05, 0) is 37.6 Å². The molecule has 0 fully saturated rings. The molecular formula is C19H18ClN3O. The number of aryl methyl sites for hydroxylation is 2. The van der Waals surface area contributed by atoms with Gasteiger partial charge in [0.2, 0.25) is 0 Å². The summed E-state index contributed by atoms with van der Waals surface area (Å²) in [5.74, 6) is -0.169. The Morgan fingerprint density at radius 3 is 2.46 bits per heavy atom. The smallest absolute Gasteiger partial charge is 0.259 e. The Morgan fingerprint density at radius 2 is 1.83 bits per heavy atom. The molecule has 24 heavy (non-hydrogen) atoms. The fraction of sp³-hybridized carbons (Fsp3) is 0.158. The van der Waals surface area contributed by atoms with Crippen molar-refractivity contribution in [2.24, 2.45) is 7.05 Å².